The molecule has 1 aliphatic rings. The summed E-state index contributed by atoms with van der Waals surface area (Å²) in [5.74, 6) is 0. The minimum absolute atomic E-state index is 0.596. The van der Waals surface area contributed by atoms with Gasteiger partial charge in [0, 0.05) is 5.69 Å². The summed E-state index contributed by atoms with van der Waals surface area (Å²) in [6.45, 7) is 4.19. The summed E-state index contributed by atoms with van der Waals surface area (Å²) < 4.78 is 2.18. The molecule has 0 aliphatic heterocycles. The van der Waals surface area contributed by atoms with E-state index in [1.54, 1.807) is 0 Å². The normalized spacial score (nSPS) is 22.2. The molecule has 1 atom stereocenters. The summed E-state index contributed by atoms with van der Waals surface area (Å²) in [4.78, 5) is 0. The molecule has 0 amide bonds. The fourth-order valence-corrected chi connectivity index (χ4v) is 2.02. The van der Waals surface area contributed by atoms with Gasteiger partial charge in [-0.3, -0.25) is 4.68 Å². The Kier molecular flexibility index (Phi) is 2.21. The van der Waals surface area contributed by atoms with E-state index in [0.29, 0.717) is 6.04 Å². The Hall–Kier alpha value is -1.05. The Morgan fingerprint density at radius 1 is 1.38 bits per heavy atom. The zero-order valence-corrected chi connectivity index (χ0v) is 8.33. The van der Waals surface area contributed by atoms with Crippen molar-refractivity contribution in [1.29, 1.82) is 0 Å². The van der Waals surface area contributed by atoms with Crippen molar-refractivity contribution < 1.29 is 0 Å². The second kappa shape index (κ2) is 3.36. The predicted octanol–water partition coefficient (Wildman–Crippen LogP) is 2.78. The van der Waals surface area contributed by atoms with Gasteiger partial charge in [0.1, 0.15) is 0 Å². The molecule has 0 saturated heterocycles. The maximum Gasteiger partial charge on any atom is 0.0596 e. The Labute approximate surface area is 79.3 Å². The van der Waals surface area contributed by atoms with E-state index in [2.05, 4.69) is 41.8 Å². The quantitative estimate of drug-likeness (QED) is 0.602. The first-order chi connectivity index (χ1) is 6.27. The molecule has 0 fully saturated rings. The molecule has 0 N–H and O–H groups in total. The van der Waals surface area contributed by atoms with E-state index in [-0.39, 0.29) is 0 Å². The van der Waals surface area contributed by atoms with E-state index in [4.69, 9.17) is 0 Å². The standard InChI is InChI=1S/C11H16N2/c1-9-8-10(2)13(12-9)11-6-4-3-5-7-11/h3-4,8,11H,5-7H2,1-2H3. The van der Waals surface area contributed by atoms with Crippen LogP contribution in [0.25, 0.3) is 0 Å². The van der Waals surface area contributed by atoms with Crippen LogP contribution in [0, 0.1) is 13.8 Å². The zero-order chi connectivity index (χ0) is 9.26. The molecule has 13 heavy (non-hydrogen) atoms. The number of hydrogen-bond acceptors (Lipinski definition) is 1. The Bertz CT molecular complexity index is 323. The second-order valence-electron chi connectivity index (χ2n) is 3.81. The molecule has 2 heteroatoms. The first kappa shape index (κ1) is 8.54. The van der Waals surface area contributed by atoms with Crippen LogP contribution < -0.4 is 0 Å². The summed E-state index contributed by atoms with van der Waals surface area (Å²) in [6.07, 6.45) is 8.11. The molecule has 1 aromatic heterocycles. The monoisotopic (exact) mass is 176 g/mol. The lowest BCUT2D eigenvalue weighted by Gasteiger charge is -2.19. The van der Waals surface area contributed by atoms with Gasteiger partial charge in [-0.25, -0.2) is 0 Å². The van der Waals surface area contributed by atoms with Gasteiger partial charge in [0.05, 0.1) is 11.7 Å². The van der Waals surface area contributed by atoms with Crippen molar-refractivity contribution in [3.05, 3.63) is 29.6 Å². The van der Waals surface area contributed by atoms with Crippen LogP contribution in [0.4, 0.5) is 0 Å². The highest BCUT2D eigenvalue weighted by Crippen LogP contribution is 2.24. The van der Waals surface area contributed by atoms with E-state index < -0.39 is 0 Å². The fourth-order valence-electron chi connectivity index (χ4n) is 2.02. The van der Waals surface area contributed by atoms with Gasteiger partial charge in [0.15, 0.2) is 0 Å². The van der Waals surface area contributed by atoms with Gasteiger partial charge >= 0.3 is 0 Å². The molecule has 0 bridgehead atoms. The Morgan fingerprint density at radius 2 is 2.23 bits per heavy atom. The first-order valence-corrected chi connectivity index (χ1v) is 4.95. The highest BCUT2D eigenvalue weighted by atomic mass is 15.3. The van der Waals surface area contributed by atoms with E-state index in [0.717, 1.165) is 12.1 Å². The third kappa shape index (κ3) is 1.67. The lowest BCUT2D eigenvalue weighted by Crippen LogP contribution is -2.13. The van der Waals surface area contributed by atoms with Crippen LogP contribution in [0.2, 0.25) is 0 Å². The van der Waals surface area contributed by atoms with Gasteiger partial charge in [-0.1, -0.05) is 12.2 Å². The van der Waals surface area contributed by atoms with Crippen LogP contribution in [-0.2, 0) is 0 Å². The van der Waals surface area contributed by atoms with Gasteiger partial charge in [0.25, 0.3) is 0 Å². The van der Waals surface area contributed by atoms with Gasteiger partial charge in [-0.15, -0.1) is 0 Å². The van der Waals surface area contributed by atoms with Crippen LogP contribution in [0.1, 0.15) is 36.7 Å². The summed E-state index contributed by atoms with van der Waals surface area (Å²) in [5, 5.41) is 4.52. The van der Waals surface area contributed by atoms with E-state index in [9.17, 15) is 0 Å². The van der Waals surface area contributed by atoms with Crippen LogP contribution >= 0.6 is 0 Å². The number of allylic oxidation sites excluding steroid dienone is 2. The SMILES string of the molecule is Cc1cc(C)n(C2CC=CCC2)n1. The molecule has 2 rings (SSSR count). The molecular weight excluding hydrogens is 160 g/mol. The van der Waals surface area contributed by atoms with Crippen LogP contribution in [-0.4, -0.2) is 9.78 Å². The average Bonchev–Trinajstić information content (AvgIpc) is 2.47. The maximum absolute atomic E-state index is 4.52. The number of rotatable bonds is 1. The van der Waals surface area contributed by atoms with Crippen molar-refractivity contribution >= 4 is 0 Å². The van der Waals surface area contributed by atoms with Crippen molar-refractivity contribution in [1.82, 2.24) is 9.78 Å². The lowest BCUT2D eigenvalue weighted by molar-refractivity contribution is 0.411. The van der Waals surface area contributed by atoms with Crippen molar-refractivity contribution in [2.75, 3.05) is 0 Å². The predicted molar refractivity (Wildman–Crippen MR) is 53.7 cm³/mol. The summed E-state index contributed by atoms with van der Waals surface area (Å²) in [7, 11) is 0. The summed E-state index contributed by atoms with van der Waals surface area (Å²) >= 11 is 0. The minimum atomic E-state index is 0.596. The third-order valence-electron chi connectivity index (χ3n) is 2.63. The second-order valence-corrected chi connectivity index (χ2v) is 3.81. The van der Waals surface area contributed by atoms with Gasteiger partial charge in [-0.05, 0) is 39.2 Å². The van der Waals surface area contributed by atoms with Gasteiger partial charge in [-0.2, -0.15) is 5.10 Å². The highest BCUT2D eigenvalue weighted by Gasteiger charge is 2.14. The van der Waals surface area contributed by atoms with E-state index in [1.807, 2.05) is 0 Å². The molecule has 0 saturated carbocycles. The summed E-state index contributed by atoms with van der Waals surface area (Å²) in [6, 6.07) is 2.75. The molecule has 0 aromatic carbocycles. The van der Waals surface area contributed by atoms with Crippen molar-refractivity contribution in [3.8, 4) is 0 Å². The first-order valence-electron chi connectivity index (χ1n) is 4.95. The molecular formula is C11H16N2. The summed E-state index contributed by atoms with van der Waals surface area (Å²) in [5.41, 5.74) is 2.42. The molecule has 1 aromatic rings. The van der Waals surface area contributed by atoms with Crippen molar-refractivity contribution in [2.24, 2.45) is 0 Å². The number of hydrogen-bond donors (Lipinski definition) is 0. The molecule has 0 radical (unpaired) electrons. The lowest BCUT2D eigenvalue weighted by atomic mass is 10.0. The van der Waals surface area contributed by atoms with Crippen molar-refractivity contribution in [3.63, 3.8) is 0 Å². The minimum Gasteiger partial charge on any atom is -0.266 e. The van der Waals surface area contributed by atoms with E-state index >= 15 is 0 Å². The maximum atomic E-state index is 4.52. The third-order valence-corrected chi connectivity index (χ3v) is 2.63. The number of aryl methyl sites for hydroxylation is 2. The smallest absolute Gasteiger partial charge is 0.0596 e. The topological polar surface area (TPSA) is 17.8 Å². The Balaban J connectivity index is 2.24. The number of nitrogens with zero attached hydrogens (tertiary/aromatic N) is 2. The molecule has 1 heterocycles. The molecule has 1 unspecified atom stereocenters. The van der Waals surface area contributed by atoms with Crippen LogP contribution in [0.5, 0.6) is 0 Å². The van der Waals surface area contributed by atoms with Crippen LogP contribution in [0.15, 0.2) is 18.2 Å². The highest BCUT2D eigenvalue weighted by molar-refractivity contribution is 5.08. The average molecular weight is 176 g/mol. The van der Waals surface area contributed by atoms with Gasteiger partial charge in [0.2, 0.25) is 0 Å². The molecule has 70 valence electrons. The fraction of sp³-hybridized carbons (Fsp3) is 0.545. The van der Waals surface area contributed by atoms with E-state index in [1.165, 1.54) is 18.5 Å². The number of aromatic nitrogens is 2. The zero-order valence-electron chi connectivity index (χ0n) is 8.33. The molecule has 2 nitrogen and oxygen atoms in total. The van der Waals surface area contributed by atoms with Crippen LogP contribution in [0.3, 0.4) is 0 Å². The molecule has 0 spiro atoms. The Morgan fingerprint density at radius 3 is 2.77 bits per heavy atom. The van der Waals surface area contributed by atoms with Gasteiger partial charge < -0.3 is 0 Å². The molecule has 1 aliphatic carbocycles. The largest absolute Gasteiger partial charge is 0.266 e. The van der Waals surface area contributed by atoms with Crippen molar-refractivity contribution in [2.45, 2.75) is 39.2 Å².